The number of hydrogen-bond acceptors (Lipinski definition) is 3. The van der Waals surface area contributed by atoms with Crippen LogP contribution in [0.15, 0.2) is 24.3 Å². The lowest BCUT2D eigenvalue weighted by Gasteiger charge is -2.24. The van der Waals surface area contributed by atoms with Gasteiger partial charge in [-0.3, -0.25) is 4.79 Å². The van der Waals surface area contributed by atoms with Crippen molar-refractivity contribution in [3.63, 3.8) is 0 Å². The fourth-order valence-electron chi connectivity index (χ4n) is 1.57. The van der Waals surface area contributed by atoms with Crippen molar-refractivity contribution in [3.8, 4) is 11.5 Å². The first-order valence-corrected chi connectivity index (χ1v) is 6.51. The molecule has 100 valence electrons. The molecule has 0 radical (unpaired) electrons. The van der Waals surface area contributed by atoms with Crippen molar-refractivity contribution in [3.05, 3.63) is 24.3 Å². The fourth-order valence-corrected chi connectivity index (χ4v) is 1.57. The third kappa shape index (κ3) is 3.25. The van der Waals surface area contributed by atoms with Gasteiger partial charge in [-0.2, -0.15) is 0 Å². The van der Waals surface area contributed by atoms with E-state index in [9.17, 15) is 4.79 Å². The summed E-state index contributed by atoms with van der Waals surface area (Å²) in [7, 11) is 0. The maximum atomic E-state index is 12.2. The van der Waals surface area contributed by atoms with Crippen LogP contribution < -0.4 is 9.47 Å². The van der Waals surface area contributed by atoms with Crippen LogP contribution in [-0.4, -0.2) is 12.6 Å². The molecule has 0 spiro atoms. The predicted octanol–water partition coefficient (Wildman–Crippen LogP) is 3.82. The molecule has 1 rings (SSSR count). The highest BCUT2D eigenvalue weighted by atomic mass is 16.6. The van der Waals surface area contributed by atoms with E-state index in [2.05, 4.69) is 0 Å². The van der Waals surface area contributed by atoms with Gasteiger partial charge in [-0.15, -0.1) is 0 Å². The molecule has 18 heavy (non-hydrogen) atoms. The molecule has 0 fully saturated rings. The van der Waals surface area contributed by atoms with Crippen LogP contribution in [0.2, 0.25) is 0 Å². The summed E-state index contributed by atoms with van der Waals surface area (Å²) in [5.41, 5.74) is -0.431. The van der Waals surface area contributed by atoms with E-state index in [1.807, 2.05) is 39.8 Å². The largest absolute Gasteiger partial charge is 0.490 e. The second-order valence-electron chi connectivity index (χ2n) is 4.54. The molecule has 1 aromatic carbocycles. The van der Waals surface area contributed by atoms with Crippen molar-refractivity contribution in [2.45, 2.75) is 40.5 Å². The van der Waals surface area contributed by atoms with Gasteiger partial charge >= 0.3 is 5.97 Å². The molecule has 0 saturated heterocycles. The van der Waals surface area contributed by atoms with E-state index in [0.29, 0.717) is 18.1 Å². The molecule has 3 nitrogen and oxygen atoms in total. The summed E-state index contributed by atoms with van der Waals surface area (Å²) in [6, 6.07) is 7.26. The Bertz CT molecular complexity index is 394. The molecule has 0 aliphatic rings. The summed E-state index contributed by atoms with van der Waals surface area (Å²) in [6.07, 6.45) is 1.53. The first-order chi connectivity index (χ1) is 8.57. The van der Waals surface area contributed by atoms with Crippen LogP contribution in [0.25, 0.3) is 0 Å². The van der Waals surface area contributed by atoms with Gasteiger partial charge in [-0.1, -0.05) is 26.0 Å². The van der Waals surface area contributed by atoms with Gasteiger partial charge in [0.25, 0.3) is 0 Å². The van der Waals surface area contributed by atoms with Crippen molar-refractivity contribution in [2.75, 3.05) is 6.61 Å². The Morgan fingerprint density at radius 3 is 2.17 bits per heavy atom. The quantitative estimate of drug-likeness (QED) is 0.569. The number of ether oxygens (including phenoxy) is 2. The third-order valence-electron chi connectivity index (χ3n) is 3.41. The second kappa shape index (κ2) is 6.43. The van der Waals surface area contributed by atoms with E-state index in [1.54, 1.807) is 12.1 Å². The zero-order valence-corrected chi connectivity index (χ0v) is 11.7. The molecule has 0 unspecified atom stereocenters. The molecule has 0 amide bonds. The number of para-hydroxylation sites is 2. The van der Waals surface area contributed by atoms with E-state index in [4.69, 9.17) is 9.47 Å². The fraction of sp³-hybridized carbons (Fsp3) is 0.533. The monoisotopic (exact) mass is 250 g/mol. The molecule has 0 bridgehead atoms. The molecule has 1 aromatic rings. The molecule has 3 heteroatoms. The molecule has 0 heterocycles. The zero-order chi connectivity index (χ0) is 13.6. The van der Waals surface area contributed by atoms with Crippen LogP contribution in [0.5, 0.6) is 11.5 Å². The van der Waals surface area contributed by atoms with Gasteiger partial charge in [-0.05, 0) is 38.8 Å². The van der Waals surface area contributed by atoms with E-state index in [-0.39, 0.29) is 5.97 Å². The first kappa shape index (κ1) is 14.6. The maximum absolute atomic E-state index is 12.2. The first-order valence-electron chi connectivity index (χ1n) is 6.51. The lowest BCUT2D eigenvalue weighted by atomic mass is 9.85. The minimum absolute atomic E-state index is 0.195. The van der Waals surface area contributed by atoms with E-state index < -0.39 is 5.41 Å². The van der Waals surface area contributed by atoms with Crippen LogP contribution in [0.1, 0.15) is 40.5 Å². The molecule has 0 aliphatic carbocycles. The summed E-state index contributed by atoms with van der Waals surface area (Å²) in [5.74, 6) is 0.917. The Morgan fingerprint density at radius 2 is 1.67 bits per heavy atom. The van der Waals surface area contributed by atoms with Crippen LogP contribution in [-0.2, 0) is 4.79 Å². The SMILES string of the molecule is CCOc1ccccc1OC(=O)C(C)(CC)CC. The van der Waals surface area contributed by atoms with Crippen LogP contribution in [0, 0.1) is 5.41 Å². The van der Waals surface area contributed by atoms with E-state index >= 15 is 0 Å². The van der Waals surface area contributed by atoms with E-state index in [1.165, 1.54) is 0 Å². The van der Waals surface area contributed by atoms with Gasteiger partial charge in [0, 0.05) is 0 Å². The highest BCUT2D eigenvalue weighted by Crippen LogP contribution is 2.32. The molecule has 0 saturated carbocycles. The lowest BCUT2D eigenvalue weighted by Crippen LogP contribution is -2.30. The Hall–Kier alpha value is -1.51. The zero-order valence-electron chi connectivity index (χ0n) is 11.7. The Morgan fingerprint density at radius 1 is 1.11 bits per heavy atom. The van der Waals surface area contributed by atoms with Gasteiger partial charge in [0.15, 0.2) is 11.5 Å². The Balaban J connectivity index is 2.87. The van der Waals surface area contributed by atoms with Gasteiger partial charge in [0.05, 0.1) is 12.0 Å². The molecule has 0 N–H and O–H groups in total. The van der Waals surface area contributed by atoms with Crippen molar-refractivity contribution in [1.82, 2.24) is 0 Å². The summed E-state index contributed by atoms with van der Waals surface area (Å²) in [5, 5.41) is 0. The van der Waals surface area contributed by atoms with Crippen LogP contribution >= 0.6 is 0 Å². The smallest absolute Gasteiger partial charge is 0.317 e. The normalized spacial score (nSPS) is 11.1. The summed E-state index contributed by atoms with van der Waals surface area (Å²) >= 11 is 0. The summed E-state index contributed by atoms with van der Waals surface area (Å²) < 4.78 is 10.9. The minimum atomic E-state index is -0.431. The van der Waals surface area contributed by atoms with Crippen molar-refractivity contribution in [1.29, 1.82) is 0 Å². The third-order valence-corrected chi connectivity index (χ3v) is 3.41. The number of carbonyl (C=O) groups is 1. The second-order valence-corrected chi connectivity index (χ2v) is 4.54. The van der Waals surface area contributed by atoms with Crippen molar-refractivity contribution >= 4 is 5.97 Å². The topological polar surface area (TPSA) is 35.5 Å². The van der Waals surface area contributed by atoms with Gasteiger partial charge in [0.2, 0.25) is 0 Å². The van der Waals surface area contributed by atoms with Gasteiger partial charge in [0.1, 0.15) is 0 Å². The summed E-state index contributed by atoms with van der Waals surface area (Å²) in [4.78, 5) is 12.2. The number of esters is 1. The highest BCUT2D eigenvalue weighted by molar-refractivity contribution is 5.79. The summed E-state index contributed by atoms with van der Waals surface area (Å²) in [6.45, 7) is 8.38. The number of carbonyl (C=O) groups excluding carboxylic acids is 1. The van der Waals surface area contributed by atoms with Crippen LogP contribution in [0.4, 0.5) is 0 Å². The average molecular weight is 250 g/mol. The Labute approximate surface area is 109 Å². The molecule has 0 aliphatic heterocycles. The highest BCUT2D eigenvalue weighted by Gasteiger charge is 2.31. The van der Waals surface area contributed by atoms with Gasteiger partial charge in [-0.25, -0.2) is 0 Å². The van der Waals surface area contributed by atoms with E-state index in [0.717, 1.165) is 12.8 Å². The predicted molar refractivity (Wildman–Crippen MR) is 71.9 cm³/mol. The van der Waals surface area contributed by atoms with Crippen molar-refractivity contribution in [2.24, 2.45) is 5.41 Å². The number of benzene rings is 1. The lowest BCUT2D eigenvalue weighted by molar-refractivity contribution is -0.145. The van der Waals surface area contributed by atoms with Crippen molar-refractivity contribution < 1.29 is 14.3 Å². The van der Waals surface area contributed by atoms with Gasteiger partial charge < -0.3 is 9.47 Å². The minimum Gasteiger partial charge on any atom is -0.490 e. The van der Waals surface area contributed by atoms with Crippen LogP contribution in [0.3, 0.4) is 0 Å². The standard InChI is InChI=1S/C15H22O3/c1-5-15(4,6-2)14(16)18-13-11-9-8-10-12(13)17-7-3/h8-11H,5-7H2,1-4H3. The maximum Gasteiger partial charge on any atom is 0.317 e. The molecular weight excluding hydrogens is 228 g/mol. The number of rotatable bonds is 6. The molecule has 0 aromatic heterocycles. The number of hydrogen-bond donors (Lipinski definition) is 0. The molecule has 0 atom stereocenters. The molecular formula is C15H22O3. The Kier molecular flexibility index (Phi) is 5.20. The average Bonchev–Trinajstić information content (AvgIpc) is 2.40.